The van der Waals surface area contributed by atoms with Crippen LogP contribution in [0.15, 0.2) is 36.5 Å². The van der Waals surface area contributed by atoms with Crippen molar-refractivity contribution in [2.45, 2.75) is 31.2 Å². The Morgan fingerprint density at radius 3 is 2.79 bits per heavy atom. The average Bonchev–Trinajstić information content (AvgIpc) is 2.36. The maximum absolute atomic E-state index is 11.0. The first-order chi connectivity index (χ1) is 9.19. The largest absolute Gasteiger partial charge is 0.481 e. The number of hydrogen-bond donors (Lipinski definition) is 2. The molecule has 98 valence electrons. The number of nitrogens with zero attached hydrogens (tertiary/aromatic N) is 1. The highest BCUT2D eigenvalue weighted by atomic mass is 16.4. The molecule has 1 aliphatic rings. The third-order valence-electron chi connectivity index (χ3n) is 3.86. The molecule has 2 aromatic rings. The summed E-state index contributed by atoms with van der Waals surface area (Å²) >= 11 is 0. The van der Waals surface area contributed by atoms with Gasteiger partial charge in [-0.3, -0.25) is 4.79 Å². The highest BCUT2D eigenvalue weighted by Crippen LogP contribution is 2.39. The van der Waals surface area contributed by atoms with Gasteiger partial charge in [0, 0.05) is 17.1 Å². The smallest absolute Gasteiger partial charge is 0.305 e. The van der Waals surface area contributed by atoms with Gasteiger partial charge in [0.2, 0.25) is 0 Å². The Morgan fingerprint density at radius 1 is 1.32 bits per heavy atom. The van der Waals surface area contributed by atoms with Crippen LogP contribution in [0.3, 0.4) is 0 Å². The molecule has 4 nitrogen and oxygen atoms in total. The van der Waals surface area contributed by atoms with E-state index in [1.54, 1.807) is 6.20 Å². The molecule has 1 heterocycles. The summed E-state index contributed by atoms with van der Waals surface area (Å²) in [5, 5.41) is 14.6. The lowest BCUT2D eigenvalue weighted by Gasteiger charge is -2.42. The summed E-state index contributed by atoms with van der Waals surface area (Å²) in [5.41, 5.74) is -0.317. The average molecular weight is 256 g/mol. The molecular formula is C15H16N2O2. The van der Waals surface area contributed by atoms with Crippen molar-refractivity contribution in [1.29, 1.82) is 0 Å². The van der Waals surface area contributed by atoms with E-state index in [1.807, 2.05) is 30.3 Å². The van der Waals surface area contributed by atoms with Gasteiger partial charge in [0.15, 0.2) is 0 Å². The van der Waals surface area contributed by atoms with Crippen molar-refractivity contribution < 1.29 is 9.90 Å². The van der Waals surface area contributed by atoms with Crippen LogP contribution in [0.1, 0.15) is 25.7 Å². The predicted octanol–water partition coefficient (Wildman–Crippen LogP) is 3.04. The minimum atomic E-state index is -0.757. The molecular weight excluding hydrogens is 240 g/mol. The van der Waals surface area contributed by atoms with E-state index in [2.05, 4.69) is 10.3 Å². The Bertz CT molecular complexity index is 615. The molecule has 0 amide bonds. The van der Waals surface area contributed by atoms with E-state index in [4.69, 9.17) is 5.11 Å². The molecule has 19 heavy (non-hydrogen) atoms. The second-order valence-corrected chi connectivity index (χ2v) is 5.21. The Hall–Kier alpha value is -2.10. The molecule has 0 bridgehead atoms. The lowest BCUT2D eigenvalue weighted by molar-refractivity contribution is -0.138. The number of carboxylic acid groups (broad SMARTS) is 1. The molecule has 1 aromatic carbocycles. The minimum Gasteiger partial charge on any atom is -0.481 e. The Kier molecular flexibility index (Phi) is 2.85. The van der Waals surface area contributed by atoms with Crippen LogP contribution in [0.5, 0.6) is 0 Å². The first-order valence-corrected chi connectivity index (χ1v) is 6.52. The molecule has 4 heteroatoms. The summed E-state index contributed by atoms with van der Waals surface area (Å²) < 4.78 is 0. The van der Waals surface area contributed by atoms with Gasteiger partial charge in [-0.05, 0) is 30.7 Å². The molecule has 0 unspecified atom stereocenters. The number of aromatic nitrogens is 1. The molecule has 1 fully saturated rings. The molecule has 1 aliphatic carbocycles. The van der Waals surface area contributed by atoms with Crippen LogP contribution in [-0.4, -0.2) is 21.6 Å². The van der Waals surface area contributed by atoms with Gasteiger partial charge < -0.3 is 10.4 Å². The number of benzene rings is 1. The van der Waals surface area contributed by atoms with Crippen LogP contribution in [0.2, 0.25) is 0 Å². The van der Waals surface area contributed by atoms with Crippen LogP contribution >= 0.6 is 0 Å². The van der Waals surface area contributed by atoms with Gasteiger partial charge in [0.1, 0.15) is 5.82 Å². The van der Waals surface area contributed by atoms with Crippen LogP contribution < -0.4 is 5.32 Å². The highest BCUT2D eigenvalue weighted by molar-refractivity contribution is 5.92. The standard InChI is InChI=1S/C15H16N2O2/c18-13(19)10-15(7-3-8-15)17-14-12-5-2-1-4-11(12)6-9-16-14/h1-2,4-6,9H,3,7-8,10H2,(H,16,17)(H,18,19). The van der Waals surface area contributed by atoms with Gasteiger partial charge in [-0.25, -0.2) is 4.98 Å². The van der Waals surface area contributed by atoms with Gasteiger partial charge in [0.25, 0.3) is 0 Å². The molecule has 0 radical (unpaired) electrons. The molecule has 0 aliphatic heterocycles. The van der Waals surface area contributed by atoms with Crippen molar-refractivity contribution in [3.8, 4) is 0 Å². The van der Waals surface area contributed by atoms with E-state index in [9.17, 15) is 4.79 Å². The van der Waals surface area contributed by atoms with E-state index < -0.39 is 5.97 Å². The van der Waals surface area contributed by atoms with E-state index in [1.165, 1.54) is 0 Å². The summed E-state index contributed by atoms with van der Waals surface area (Å²) in [5.74, 6) is 0.0338. The first-order valence-electron chi connectivity index (χ1n) is 6.52. The van der Waals surface area contributed by atoms with Crippen LogP contribution in [0, 0.1) is 0 Å². The van der Waals surface area contributed by atoms with Gasteiger partial charge in [0.05, 0.1) is 6.42 Å². The molecule has 2 N–H and O–H groups in total. The van der Waals surface area contributed by atoms with Crippen molar-refractivity contribution in [2.24, 2.45) is 0 Å². The number of hydrogen-bond acceptors (Lipinski definition) is 3. The topological polar surface area (TPSA) is 62.2 Å². The van der Waals surface area contributed by atoms with Gasteiger partial charge in [-0.15, -0.1) is 0 Å². The number of rotatable bonds is 4. The lowest BCUT2D eigenvalue weighted by atomic mass is 9.74. The van der Waals surface area contributed by atoms with Gasteiger partial charge in [-0.1, -0.05) is 24.3 Å². The summed E-state index contributed by atoms with van der Waals surface area (Å²) in [7, 11) is 0. The van der Waals surface area contributed by atoms with Crippen molar-refractivity contribution in [3.63, 3.8) is 0 Å². The molecule has 0 atom stereocenters. The molecule has 1 aromatic heterocycles. The number of carbonyl (C=O) groups is 1. The summed E-state index contributed by atoms with van der Waals surface area (Å²) in [6, 6.07) is 9.97. The first kappa shape index (κ1) is 12.0. The second-order valence-electron chi connectivity index (χ2n) is 5.21. The Morgan fingerprint density at radius 2 is 2.11 bits per heavy atom. The summed E-state index contributed by atoms with van der Waals surface area (Å²) in [4.78, 5) is 15.4. The minimum absolute atomic E-state index is 0.151. The number of pyridine rings is 1. The lowest BCUT2D eigenvalue weighted by Crippen LogP contribution is -2.47. The number of aliphatic carboxylic acids is 1. The number of anilines is 1. The molecule has 1 saturated carbocycles. The quantitative estimate of drug-likeness (QED) is 0.882. The van der Waals surface area contributed by atoms with Crippen LogP contribution in [0.4, 0.5) is 5.82 Å². The van der Waals surface area contributed by atoms with Crippen molar-refractivity contribution >= 4 is 22.6 Å². The summed E-state index contributed by atoms with van der Waals surface area (Å²) in [6.07, 6.45) is 4.77. The Labute approximate surface area is 111 Å². The van der Waals surface area contributed by atoms with Crippen molar-refractivity contribution in [3.05, 3.63) is 36.5 Å². The highest BCUT2D eigenvalue weighted by Gasteiger charge is 2.39. The predicted molar refractivity (Wildman–Crippen MR) is 74.2 cm³/mol. The molecule has 0 spiro atoms. The van der Waals surface area contributed by atoms with Crippen molar-refractivity contribution in [1.82, 2.24) is 4.98 Å². The number of fused-ring (bicyclic) bond motifs is 1. The van der Waals surface area contributed by atoms with E-state index in [-0.39, 0.29) is 12.0 Å². The van der Waals surface area contributed by atoms with Crippen LogP contribution in [0.25, 0.3) is 10.8 Å². The van der Waals surface area contributed by atoms with Gasteiger partial charge >= 0.3 is 5.97 Å². The molecule has 3 rings (SSSR count). The monoisotopic (exact) mass is 256 g/mol. The van der Waals surface area contributed by atoms with Gasteiger partial charge in [-0.2, -0.15) is 0 Å². The third-order valence-corrected chi connectivity index (χ3v) is 3.86. The maximum Gasteiger partial charge on any atom is 0.305 e. The normalized spacial score (nSPS) is 16.8. The van der Waals surface area contributed by atoms with Crippen molar-refractivity contribution in [2.75, 3.05) is 5.32 Å². The third kappa shape index (κ3) is 2.26. The second kappa shape index (κ2) is 4.53. The fraction of sp³-hybridized carbons (Fsp3) is 0.333. The zero-order chi connectivity index (χ0) is 13.3. The van der Waals surface area contributed by atoms with E-state index >= 15 is 0 Å². The van der Waals surface area contributed by atoms with E-state index in [0.29, 0.717) is 0 Å². The number of nitrogens with one attached hydrogen (secondary N) is 1. The maximum atomic E-state index is 11.0. The van der Waals surface area contributed by atoms with Crippen LogP contribution in [-0.2, 0) is 4.79 Å². The fourth-order valence-corrected chi connectivity index (χ4v) is 2.71. The SMILES string of the molecule is O=C(O)CC1(Nc2nccc3ccccc23)CCC1. The zero-order valence-electron chi connectivity index (χ0n) is 10.6. The summed E-state index contributed by atoms with van der Waals surface area (Å²) in [6.45, 7) is 0. The Balaban J connectivity index is 1.94. The zero-order valence-corrected chi connectivity index (χ0v) is 10.6. The molecule has 0 saturated heterocycles. The van der Waals surface area contributed by atoms with E-state index in [0.717, 1.165) is 35.9 Å². The fourth-order valence-electron chi connectivity index (χ4n) is 2.71. The number of carboxylic acids is 1.